The molecular weight excluding hydrogens is 663 g/mol. The van der Waals surface area contributed by atoms with Crippen LogP contribution in [0.5, 0.6) is 0 Å². The number of anilines is 3. The fraction of sp³-hybridized carbons (Fsp3) is 0.412. The summed E-state index contributed by atoms with van der Waals surface area (Å²) < 4.78 is 6.19. The number of esters is 1. The summed E-state index contributed by atoms with van der Waals surface area (Å²) in [6, 6.07) is 16.4. The first-order valence-corrected chi connectivity index (χ1v) is 16.8. The molecule has 1 fully saturated rings. The Labute approximate surface area is 278 Å². The van der Waals surface area contributed by atoms with E-state index in [4.69, 9.17) is 33.7 Å². The van der Waals surface area contributed by atoms with E-state index in [0.29, 0.717) is 52.9 Å². The van der Waals surface area contributed by atoms with Crippen molar-refractivity contribution in [2.75, 3.05) is 24.2 Å². The molecule has 0 atom stereocenters. The fourth-order valence-electron chi connectivity index (χ4n) is 5.59. The van der Waals surface area contributed by atoms with Crippen LogP contribution in [0.2, 0.25) is 10.0 Å². The monoisotopic (exact) mass is 702 g/mol. The first-order valence-electron chi connectivity index (χ1n) is 15.3. The summed E-state index contributed by atoms with van der Waals surface area (Å²) in [5.74, 6) is -0.492. The summed E-state index contributed by atoms with van der Waals surface area (Å²) >= 11 is 16.1. The molecule has 0 bridgehead atoms. The summed E-state index contributed by atoms with van der Waals surface area (Å²) in [4.78, 5) is 25.5. The van der Waals surface area contributed by atoms with Crippen LogP contribution in [-0.2, 0) is 22.5 Å². The molecule has 0 unspecified atom stereocenters. The van der Waals surface area contributed by atoms with Crippen LogP contribution in [-0.4, -0.2) is 30.6 Å². The van der Waals surface area contributed by atoms with Crippen molar-refractivity contribution in [1.29, 1.82) is 0 Å². The van der Waals surface area contributed by atoms with Crippen molar-refractivity contribution in [3.05, 3.63) is 85.8 Å². The molecule has 3 aromatic rings. The molecule has 0 radical (unpaired) electrons. The summed E-state index contributed by atoms with van der Waals surface area (Å²) in [6.07, 6.45) is 8.60. The average Bonchev–Trinajstić information content (AvgIpc) is 3.02. The van der Waals surface area contributed by atoms with Crippen LogP contribution in [0, 0.1) is 0 Å². The normalized spacial score (nSPS) is 14.2. The van der Waals surface area contributed by atoms with E-state index in [2.05, 4.69) is 38.8 Å². The van der Waals surface area contributed by atoms with Crippen LogP contribution >= 0.6 is 39.1 Å². The maximum absolute atomic E-state index is 12.9. The molecule has 1 saturated carbocycles. The summed E-state index contributed by atoms with van der Waals surface area (Å²) in [5.41, 5.74) is 10.7. The third kappa shape index (κ3) is 9.36. The number of rotatable bonds is 14. The zero-order valence-electron chi connectivity index (χ0n) is 25.1. The van der Waals surface area contributed by atoms with Crippen LogP contribution in [0.1, 0.15) is 79.8 Å². The molecule has 44 heavy (non-hydrogen) atoms. The topological polar surface area (TPSA) is 105 Å². The Morgan fingerprint density at radius 3 is 2.43 bits per heavy atom. The molecule has 0 aromatic heterocycles. The zero-order chi connectivity index (χ0) is 31.5. The maximum atomic E-state index is 12.9. The largest absolute Gasteiger partial charge is 0.465 e. The zero-order valence-corrected chi connectivity index (χ0v) is 28.2. The van der Waals surface area contributed by atoms with Gasteiger partial charge in [-0.05, 0) is 89.5 Å². The van der Waals surface area contributed by atoms with Gasteiger partial charge in [0.15, 0.2) is 0 Å². The number of carbonyl (C=O) groups is 2. The number of ether oxygens (including phenoxy) is 1. The second kappa shape index (κ2) is 16.5. The van der Waals surface area contributed by atoms with Crippen molar-refractivity contribution in [2.24, 2.45) is 0 Å². The highest BCUT2D eigenvalue weighted by Crippen LogP contribution is 2.34. The van der Waals surface area contributed by atoms with Gasteiger partial charge in [0.05, 0.1) is 34.4 Å². The van der Waals surface area contributed by atoms with Crippen molar-refractivity contribution in [1.82, 2.24) is 10.6 Å². The second-order valence-corrected chi connectivity index (χ2v) is 13.0. The molecule has 0 spiro atoms. The van der Waals surface area contributed by atoms with Gasteiger partial charge >= 0.3 is 5.97 Å². The van der Waals surface area contributed by atoms with Crippen LogP contribution in [0.15, 0.2) is 59.1 Å². The van der Waals surface area contributed by atoms with Gasteiger partial charge in [0.2, 0.25) is 0 Å². The first-order chi connectivity index (χ1) is 21.2. The lowest BCUT2D eigenvalue weighted by Crippen LogP contribution is -2.45. The third-order valence-corrected chi connectivity index (χ3v) is 9.60. The molecule has 0 aliphatic heterocycles. The van der Waals surface area contributed by atoms with Gasteiger partial charge in [-0.15, -0.1) is 0 Å². The Kier molecular flexibility index (Phi) is 12.8. The molecule has 1 amide bonds. The number of nitrogens with one attached hydrogen (secondary N) is 3. The maximum Gasteiger partial charge on any atom is 0.310 e. The summed E-state index contributed by atoms with van der Waals surface area (Å²) in [5, 5.41) is 10.9. The van der Waals surface area contributed by atoms with Crippen LogP contribution in [0.4, 0.5) is 17.1 Å². The molecule has 1 aliphatic rings. The van der Waals surface area contributed by atoms with E-state index in [0.717, 1.165) is 27.7 Å². The second-order valence-electron chi connectivity index (χ2n) is 11.3. The van der Waals surface area contributed by atoms with Crippen LogP contribution in [0.25, 0.3) is 0 Å². The van der Waals surface area contributed by atoms with Crippen molar-refractivity contribution >= 4 is 68.1 Å². The highest BCUT2D eigenvalue weighted by Gasteiger charge is 2.29. The van der Waals surface area contributed by atoms with E-state index < -0.39 is 0 Å². The van der Waals surface area contributed by atoms with Gasteiger partial charge < -0.3 is 26.4 Å². The number of nitrogen functional groups attached to an aromatic ring is 1. The first kappa shape index (κ1) is 34.1. The number of para-hydroxylation sites is 2. The van der Waals surface area contributed by atoms with Crippen molar-refractivity contribution in [3.8, 4) is 0 Å². The Morgan fingerprint density at radius 1 is 0.977 bits per heavy atom. The van der Waals surface area contributed by atoms with Crippen molar-refractivity contribution in [2.45, 2.75) is 76.8 Å². The molecule has 1 aliphatic carbocycles. The van der Waals surface area contributed by atoms with Gasteiger partial charge in [-0.2, -0.15) is 0 Å². The van der Waals surface area contributed by atoms with E-state index in [9.17, 15) is 9.59 Å². The lowest BCUT2D eigenvalue weighted by molar-refractivity contribution is -0.142. The number of hydrogen-bond donors (Lipinski definition) is 4. The highest BCUT2D eigenvalue weighted by molar-refractivity contribution is 9.10. The van der Waals surface area contributed by atoms with Gasteiger partial charge in [-0.1, -0.05) is 73.7 Å². The number of amides is 1. The Bertz CT molecular complexity index is 1430. The van der Waals surface area contributed by atoms with E-state index >= 15 is 0 Å². The van der Waals surface area contributed by atoms with E-state index in [1.165, 1.54) is 32.1 Å². The van der Waals surface area contributed by atoms with Gasteiger partial charge in [0.25, 0.3) is 5.91 Å². The molecule has 236 valence electrons. The average molecular weight is 705 g/mol. The van der Waals surface area contributed by atoms with E-state index in [1.807, 2.05) is 30.3 Å². The van der Waals surface area contributed by atoms with Gasteiger partial charge in [0.1, 0.15) is 0 Å². The number of benzene rings is 3. The summed E-state index contributed by atoms with van der Waals surface area (Å²) in [6.45, 7) is 3.60. The van der Waals surface area contributed by atoms with Crippen molar-refractivity contribution in [3.63, 3.8) is 0 Å². The molecule has 10 heteroatoms. The van der Waals surface area contributed by atoms with Crippen LogP contribution < -0.4 is 21.7 Å². The third-order valence-electron chi connectivity index (χ3n) is 8.31. The van der Waals surface area contributed by atoms with Gasteiger partial charge in [-0.3, -0.25) is 9.59 Å². The van der Waals surface area contributed by atoms with Crippen LogP contribution in [0.3, 0.4) is 0 Å². The van der Waals surface area contributed by atoms with E-state index in [1.54, 1.807) is 24.3 Å². The number of carbonyl (C=O) groups excluding carboxylic acids is 2. The van der Waals surface area contributed by atoms with Gasteiger partial charge in [-0.25, -0.2) is 0 Å². The lowest BCUT2D eigenvalue weighted by Gasteiger charge is -2.38. The van der Waals surface area contributed by atoms with E-state index in [-0.39, 0.29) is 30.4 Å². The number of unbranched alkanes of at least 4 members (excludes halogenated alkanes) is 1. The quantitative estimate of drug-likeness (QED) is 0.0762. The minimum absolute atomic E-state index is 0.102. The van der Waals surface area contributed by atoms with Gasteiger partial charge in [0, 0.05) is 34.4 Å². The predicted molar refractivity (Wildman–Crippen MR) is 184 cm³/mol. The van der Waals surface area contributed by atoms with Crippen molar-refractivity contribution < 1.29 is 14.3 Å². The molecule has 3 aromatic carbocycles. The molecule has 4 rings (SSSR count). The molecular formula is C34H41BrCl2N4O3. The molecule has 0 saturated heterocycles. The molecule has 0 heterocycles. The smallest absolute Gasteiger partial charge is 0.310 e. The Morgan fingerprint density at radius 2 is 1.70 bits per heavy atom. The fourth-order valence-corrected chi connectivity index (χ4v) is 6.58. The number of halogens is 3. The molecule has 5 N–H and O–H groups in total. The minimum atomic E-state index is -0.334. The number of hydrogen-bond acceptors (Lipinski definition) is 6. The highest BCUT2D eigenvalue weighted by atomic mass is 79.9. The number of nitrogens with two attached hydrogens (primary N) is 1. The standard InChI is InChI=1S/C34H41BrCl2N4O3/c1-2-34(15-6-3-7-16-34)40-22-25-19-24(20-26(35)31(25)38)33(43)39-17-8-9-18-44-30(42)21-23-11-4-5-14-29(23)41-32-27(36)12-10-13-28(32)37/h4-5,10-14,19-20,40-41H,2-3,6-9,15-18,21-22,38H2,1H3,(H,39,43). The molecule has 7 nitrogen and oxygen atoms in total. The summed E-state index contributed by atoms with van der Waals surface area (Å²) in [7, 11) is 0. The lowest BCUT2D eigenvalue weighted by atomic mass is 9.79. The SMILES string of the molecule is CCC1(NCc2cc(C(=O)NCCCCOC(=O)Cc3ccccc3Nc3c(Cl)cccc3Cl)cc(Br)c2N)CCCCC1. The Hall–Kier alpha value is -2.78. The predicted octanol–water partition coefficient (Wildman–Crippen LogP) is 8.58. The Balaban J connectivity index is 1.21. The minimum Gasteiger partial charge on any atom is -0.465 e.